The standard InChI is InChI=1S/C26H29N7O/c1-32-10-12-33(13-11-32)16-24(34)30-23-9-6-17(14-27-23)26-19-5-3-2-4-18(19)25-20-15-28-31-21(20)7-8-22(25)29-26/h6-9,14-15H,2-5,10-13,16H2,1H3,(H,28,31)(H,27,30,34). The van der Waals surface area contributed by atoms with Gasteiger partial charge in [0.15, 0.2) is 0 Å². The average molecular weight is 456 g/mol. The van der Waals surface area contributed by atoms with E-state index in [2.05, 4.69) is 43.4 Å². The van der Waals surface area contributed by atoms with E-state index in [0.717, 1.165) is 66.7 Å². The summed E-state index contributed by atoms with van der Waals surface area (Å²) in [6.45, 7) is 4.23. The monoisotopic (exact) mass is 455 g/mol. The van der Waals surface area contributed by atoms with Crippen LogP contribution in [-0.2, 0) is 17.6 Å². The number of pyridine rings is 2. The number of piperazine rings is 1. The number of hydrogen-bond acceptors (Lipinski definition) is 6. The lowest BCUT2D eigenvalue weighted by atomic mass is 9.86. The van der Waals surface area contributed by atoms with Gasteiger partial charge in [0.05, 0.1) is 29.5 Å². The number of aryl methyl sites for hydroxylation is 1. The van der Waals surface area contributed by atoms with Crippen molar-refractivity contribution in [2.45, 2.75) is 25.7 Å². The number of rotatable bonds is 4. The molecular formula is C26H29N7O. The van der Waals surface area contributed by atoms with Crippen molar-refractivity contribution < 1.29 is 4.79 Å². The molecule has 4 aromatic rings. The van der Waals surface area contributed by atoms with Gasteiger partial charge in [0.1, 0.15) is 5.82 Å². The molecule has 34 heavy (non-hydrogen) atoms. The molecule has 0 unspecified atom stereocenters. The molecule has 0 radical (unpaired) electrons. The summed E-state index contributed by atoms with van der Waals surface area (Å²) in [4.78, 5) is 26.6. The van der Waals surface area contributed by atoms with Crippen molar-refractivity contribution >= 4 is 33.5 Å². The summed E-state index contributed by atoms with van der Waals surface area (Å²) in [6.07, 6.45) is 8.18. The third-order valence-corrected chi connectivity index (χ3v) is 7.16. The zero-order chi connectivity index (χ0) is 23.1. The Morgan fingerprint density at radius 1 is 1.03 bits per heavy atom. The molecule has 0 saturated carbocycles. The summed E-state index contributed by atoms with van der Waals surface area (Å²) in [5.41, 5.74) is 6.75. The van der Waals surface area contributed by atoms with Crippen LogP contribution in [0.3, 0.4) is 0 Å². The minimum Gasteiger partial charge on any atom is -0.310 e. The first-order valence-electron chi connectivity index (χ1n) is 12.1. The number of carbonyl (C=O) groups excluding carboxylic acids is 1. The molecule has 4 heterocycles. The van der Waals surface area contributed by atoms with E-state index in [0.29, 0.717) is 12.4 Å². The maximum atomic E-state index is 12.5. The molecule has 2 aliphatic rings. The van der Waals surface area contributed by atoms with Crippen LogP contribution in [0, 0.1) is 0 Å². The maximum absolute atomic E-state index is 12.5. The van der Waals surface area contributed by atoms with E-state index in [1.165, 1.54) is 29.4 Å². The number of nitrogens with one attached hydrogen (secondary N) is 2. The molecule has 1 fully saturated rings. The Labute approximate surface area is 198 Å². The van der Waals surface area contributed by atoms with Crippen LogP contribution in [0.15, 0.2) is 36.7 Å². The molecule has 8 nitrogen and oxygen atoms in total. The van der Waals surface area contributed by atoms with Crippen LogP contribution in [0.25, 0.3) is 33.1 Å². The Balaban J connectivity index is 1.27. The van der Waals surface area contributed by atoms with Crippen molar-refractivity contribution in [1.29, 1.82) is 0 Å². The van der Waals surface area contributed by atoms with Gasteiger partial charge in [0, 0.05) is 48.7 Å². The largest absolute Gasteiger partial charge is 0.310 e. The van der Waals surface area contributed by atoms with Crippen molar-refractivity contribution in [3.8, 4) is 11.3 Å². The molecule has 6 rings (SSSR count). The second-order valence-electron chi connectivity index (χ2n) is 9.48. The second-order valence-corrected chi connectivity index (χ2v) is 9.48. The van der Waals surface area contributed by atoms with Gasteiger partial charge in [-0.15, -0.1) is 0 Å². The first-order valence-corrected chi connectivity index (χ1v) is 12.1. The third-order valence-electron chi connectivity index (χ3n) is 7.16. The molecule has 8 heteroatoms. The fourth-order valence-electron chi connectivity index (χ4n) is 5.28. The van der Waals surface area contributed by atoms with Crippen molar-refractivity contribution in [1.82, 2.24) is 30.0 Å². The van der Waals surface area contributed by atoms with Gasteiger partial charge in [0.25, 0.3) is 0 Å². The van der Waals surface area contributed by atoms with Crippen LogP contribution in [0.4, 0.5) is 5.82 Å². The van der Waals surface area contributed by atoms with E-state index >= 15 is 0 Å². The summed E-state index contributed by atoms with van der Waals surface area (Å²) in [5.74, 6) is 0.563. The predicted molar refractivity (Wildman–Crippen MR) is 134 cm³/mol. The van der Waals surface area contributed by atoms with Gasteiger partial charge in [-0.3, -0.25) is 14.8 Å². The molecule has 3 aromatic heterocycles. The zero-order valence-electron chi connectivity index (χ0n) is 19.5. The van der Waals surface area contributed by atoms with Crippen LogP contribution < -0.4 is 5.32 Å². The Morgan fingerprint density at radius 3 is 2.65 bits per heavy atom. The van der Waals surface area contributed by atoms with Crippen LogP contribution in [0.5, 0.6) is 0 Å². The molecule has 1 amide bonds. The molecule has 1 aliphatic heterocycles. The highest BCUT2D eigenvalue weighted by molar-refractivity contribution is 6.07. The normalized spacial score (nSPS) is 17.2. The molecule has 0 bridgehead atoms. The first-order chi connectivity index (χ1) is 16.7. The van der Waals surface area contributed by atoms with Gasteiger partial charge >= 0.3 is 0 Å². The average Bonchev–Trinajstić information content (AvgIpc) is 3.34. The molecule has 174 valence electrons. The van der Waals surface area contributed by atoms with Gasteiger partial charge in [-0.25, -0.2) is 9.97 Å². The fourth-order valence-corrected chi connectivity index (χ4v) is 5.28. The van der Waals surface area contributed by atoms with Crippen LogP contribution in [0.1, 0.15) is 24.0 Å². The number of hydrogen-bond donors (Lipinski definition) is 2. The van der Waals surface area contributed by atoms with Gasteiger partial charge < -0.3 is 10.2 Å². The number of benzene rings is 1. The maximum Gasteiger partial charge on any atom is 0.239 e. The predicted octanol–water partition coefficient (Wildman–Crippen LogP) is 3.24. The van der Waals surface area contributed by atoms with E-state index in [4.69, 9.17) is 4.98 Å². The number of aromatic nitrogens is 4. The van der Waals surface area contributed by atoms with Crippen molar-refractivity contribution in [3.05, 3.63) is 47.8 Å². The molecule has 0 atom stereocenters. The van der Waals surface area contributed by atoms with Crippen molar-refractivity contribution in [2.75, 3.05) is 45.1 Å². The molecule has 1 aromatic carbocycles. The van der Waals surface area contributed by atoms with Gasteiger partial charge in [-0.2, -0.15) is 5.10 Å². The summed E-state index contributed by atoms with van der Waals surface area (Å²) in [6, 6.07) is 8.04. The highest BCUT2D eigenvalue weighted by Crippen LogP contribution is 2.37. The SMILES string of the molecule is CN1CCN(CC(=O)Nc2ccc(-c3nc4ccc5[nH]ncc5c4c4c3CCCC4)cn2)CC1. The smallest absolute Gasteiger partial charge is 0.239 e. The number of amides is 1. The van der Waals surface area contributed by atoms with E-state index in [1.807, 2.05) is 30.6 Å². The number of carbonyl (C=O) groups is 1. The summed E-state index contributed by atoms with van der Waals surface area (Å²) >= 11 is 0. The Bertz CT molecular complexity index is 1350. The minimum absolute atomic E-state index is 0.0184. The zero-order valence-corrected chi connectivity index (χ0v) is 19.5. The number of H-pyrrole nitrogens is 1. The summed E-state index contributed by atoms with van der Waals surface area (Å²) in [7, 11) is 2.11. The van der Waals surface area contributed by atoms with Gasteiger partial charge in [-0.05, 0) is 68.1 Å². The number of nitrogens with zero attached hydrogens (tertiary/aromatic N) is 5. The van der Waals surface area contributed by atoms with E-state index in [-0.39, 0.29) is 5.91 Å². The number of anilines is 1. The molecule has 2 N–H and O–H groups in total. The van der Waals surface area contributed by atoms with Crippen molar-refractivity contribution in [2.24, 2.45) is 0 Å². The van der Waals surface area contributed by atoms with Crippen molar-refractivity contribution in [3.63, 3.8) is 0 Å². The molecule has 0 spiro atoms. The van der Waals surface area contributed by atoms with E-state index < -0.39 is 0 Å². The fraction of sp³-hybridized carbons (Fsp3) is 0.385. The topological polar surface area (TPSA) is 90.0 Å². The Hall–Kier alpha value is -3.36. The quantitative estimate of drug-likeness (QED) is 0.491. The summed E-state index contributed by atoms with van der Waals surface area (Å²) < 4.78 is 0. The lowest BCUT2D eigenvalue weighted by Gasteiger charge is -2.31. The lowest BCUT2D eigenvalue weighted by Crippen LogP contribution is -2.47. The Kier molecular flexibility index (Phi) is 5.47. The highest BCUT2D eigenvalue weighted by atomic mass is 16.2. The Morgan fingerprint density at radius 2 is 1.85 bits per heavy atom. The minimum atomic E-state index is -0.0184. The van der Waals surface area contributed by atoms with Gasteiger partial charge in [-0.1, -0.05) is 0 Å². The number of aromatic amines is 1. The first kappa shape index (κ1) is 21.2. The van der Waals surface area contributed by atoms with E-state index in [1.54, 1.807) is 0 Å². The lowest BCUT2D eigenvalue weighted by molar-refractivity contribution is -0.117. The third kappa shape index (κ3) is 3.93. The highest BCUT2D eigenvalue weighted by Gasteiger charge is 2.22. The molecular weight excluding hydrogens is 426 g/mol. The second kappa shape index (κ2) is 8.77. The number of likely N-dealkylation sites (N-methyl/N-ethyl adjacent to an activating group) is 1. The number of fused-ring (bicyclic) bond motifs is 5. The van der Waals surface area contributed by atoms with E-state index in [9.17, 15) is 4.79 Å². The van der Waals surface area contributed by atoms with Crippen LogP contribution in [-0.4, -0.2) is 75.6 Å². The van der Waals surface area contributed by atoms with Crippen LogP contribution >= 0.6 is 0 Å². The van der Waals surface area contributed by atoms with Gasteiger partial charge in [0.2, 0.25) is 5.91 Å². The van der Waals surface area contributed by atoms with Crippen LogP contribution in [0.2, 0.25) is 0 Å². The molecule has 1 saturated heterocycles. The summed E-state index contributed by atoms with van der Waals surface area (Å²) in [5, 5.41) is 12.7. The molecule has 1 aliphatic carbocycles.